The molecule has 0 saturated heterocycles. The first kappa shape index (κ1) is 31.4. The second kappa shape index (κ2) is 14.6. The second-order valence-electron chi connectivity index (χ2n) is 11.8. The topological polar surface area (TPSA) is 49.0 Å². The third kappa shape index (κ3) is 13.6. The van der Waals surface area contributed by atoms with E-state index in [9.17, 15) is 0 Å². The van der Waals surface area contributed by atoms with E-state index < -0.39 is 24.7 Å². The Kier molecular flexibility index (Phi) is 14.8. The van der Waals surface area contributed by atoms with E-state index in [1.54, 1.807) is 0 Å². The standard InChI is InChI=1S/C22H56N4O2Si3/c1-13-21(23-19-29(7,8)9)31(27-17-15-25(3)4,28-18-16-26(5)6)22(14-2)24-20-30(10,11)12/h21-24H,13-20H2,1-12H3. The van der Waals surface area contributed by atoms with Crippen LogP contribution in [0.25, 0.3) is 0 Å². The number of rotatable bonds is 18. The highest BCUT2D eigenvalue weighted by Crippen LogP contribution is 2.24. The minimum Gasteiger partial charge on any atom is -0.391 e. The van der Waals surface area contributed by atoms with Gasteiger partial charge in [0.25, 0.3) is 0 Å². The molecule has 2 unspecified atom stereocenters. The summed E-state index contributed by atoms with van der Waals surface area (Å²) < 4.78 is 13.8. The van der Waals surface area contributed by atoms with Crippen LogP contribution in [-0.4, -0.2) is 113 Å². The summed E-state index contributed by atoms with van der Waals surface area (Å²) in [4.78, 5) is 4.40. The molecule has 0 amide bonds. The fraction of sp³-hybridized carbons (Fsp3) is 1.00. The van der Waals surface area contributed by atoms with Gasteiger partial charge in [0.15, 0.2) is 0 Å². The van der Waals surface area contributed by atoms with Crippen molar-refractivity contribution in [2.24, 2.45) is 0 Å². The minimum absolute atomic E-state index is 0.280. The van der Waals surface area contributed by atoms with E-state index in [1.807, 2.05) is 0 Å². The third-order valence-electron chi connectivity index (χ3n) is 5.28. The normalized spacial score (nSPS) is 15.7. The van der Waals surface area contributed by atoms with Crippen LogP contribution >= 0.6 is 0 Å². The summed E-state index contributed by atoms with van der Waals surface area (Å²) in [5.74, 6) is 0. The molecule has 0 heterocycles. The molecule has 2 N–H and O–H groups in total. The van der Waals surface area contributed by atoms with Crippen molar-refractivity contribution < 1.29 is 8.85 Å². The Morgan fingerprint density at radius 3 is 1.19 bits per heavy atom. The predicted molar refractivity (Wildman–Crippen MR) is 146 cm³/mol. The Balaban J connectivity index is 6.01. The quantitative estimate of drug-likeness (QED) is 0.287. The predicted octanol–water partition coefficient (Wildman–Crippen LogP) is 3.15. The molecule has 0 saturated carbocycles. The van der Waals surface area contributed by atoms with Crippen molar-refractivity contribution in [2.75, 3.05) is 66.8 Å². The van der Waals surface area contributed by atoms with Gasteiger partial charge in [0.2, 0.25) is 0 Å². The molecule has 0 aliphatic carbocycles. The zero-order chi connectivity index (χ0) is 24.3. The van der Waals surface area contributed by atoms with Crippen molar-refractivity contribution in [1.82, 2.24) is 20.4 Å². The number of nitrogens with zero attached hydrogens (tertiary/aromatic N) is 2. The van der Waals surface area contributed by atoms with Crippen LogP contribution in [0.4, 0.5) is 0 Å². The monoisotopic (exact) mass is 492 g/mol. The van der Waals surface area contributed by atoms with E-state index in [0.29, 0.717) is 0 Å². The van der Waals surface area contributed by atoms with Crippen LogP contribution in [0.15, 0.2) is 0 Å². The molecular formula is C22H56N4O2Si3. The highest BCUT2D eigenvalue weighted by Gasteiger charge is 2.52. The lowest BCUT2D eigenvalue weighted by molar-refractivity contribution is 0.121. The first-order valence-corrected chi connectivity index (χ1v) is 21.6. The summed E-state index contributed by atoms with van der Waals surface area (Å²) in [6, 6.07) is 0. The third-order valence-corrected chi connectivity index (χ3v) is 12.3. The molecule has 0 aliphatic rings. The number of nitrogens with one attached hydrogen (secondary N) is 2. The lowest BCUT2D eigenvalue weighted by Gasteiger charge is -2.44. The summed E-state index contributed by atoms with van der Waals surface area (Å²) in [5, 5.41) is 7.91. The van der Waals surface area contributed by atoms with E-state index in [2.05, 4.69) is 102 Å². The average Bonchev–Trinajstić information content (AvgIpc) is 2.59. The molecule has 0 aromatic carbocycles. The molecule has 31 heavy (non-hydrogen) atoms. The molecule has 0 spiro atoms. The van der Waals surface area contributed by atoms with E-state index in [1.165, 1.54) is 0 Å². The average molecular weight is 493 g/mol. The van der Waals surface area contributed by atoms with Gasteiger partial charge in [-0.2, -0.15) is 0 Å². The molecule has 0 aliphatic heterocycles. The van der Waals surface area contributed by atoms with E-state index in [-0.39, 0.29) is 11.3 Å². The van der Waals surface area contributed by atoms with E-state index in [0.717, 1.165) is 51.5 Å². The zero-order valence-corrected chi connectivity index (χ0v) is 26.0. The minimum atomic E-state index is -2.62. The first-order chi connectivity index (χ1) is 14.2. The summed E-state index contributed by atoms with van der Waals surface area (Å²) in [5.41, 5.74) is 0.560. The van der Waals surface area contributed by atoms with Crippen LogP contribution in [0.2, 0.25) is 39.3 Å². The van der Waals surface area contributed by atoms with Crippen molar-refractivity contribution >= 4 is 24.7 Å². The Labute approximate surface area is 198 Å². The maximum atomic E-state index is 6.92. The Bertz CT molecular complexity index is 427. The highest BCUT2D eigenvalue weighted by molar-refractivity contribution is 6.77. The van der Waals surface area contributed by atoms with Gasteiger partial charge < -0.3 is 29.3 Å². The maximum absolute atomic E-state index is 6.92. The number of likely N-dealkylation sites (N-methyl/N-ethyl adjacent to an activating group) is 2. The van der Waals surface area contributed by atoms with Crippen LogP contribution in [0.3, 0.4) is 0 Å². The van der Waals surface area contributed by atoms with Gasteiger partial charge in [-0.3, -0.25) is 0 Å². The summed E-state index contributed by atoms with van der Waals surface area (Å²) in [7, 11) is 3.36. The first-order valence-electron chi connectivity index (χ1n) is 12.2. The molecule has 0 rings (SSSR count). The zero-order valence-electron chi connectivity index (χ0n) is 23.0. The molecule has 0 aromatic heterocycles. The molecule has 0 aromatic rings. The van der Waals surface area contributed by atoms with Gasteiger partial charge >= 0.3 is 8.56 Å². The van der Waals surface area contributed by atoms with Crippen LogP contribution in [-0.2, 0) is 8.85 Å². The van der Waals surface area contributed by atoms with Gasteiger partial charge in [-0.05, 0) is 53.4 Å². The summed E-state index contributed by atoms with van der Waals surface area (Å²) >= 11 is 0. The van der Waals surface area contributed by atoms with Crippen molar-refractivity contribution in [2.45, 2.75) is 77.3 Å². The lowest BCUT2D eigenvalue weighted by atomic mass is 10.5. The van der Waals surface area contributed by atoms with Crippen LogP contribution < -0.4 is 10.6 Å². The van der Waals surface area contributed by atoms with E-state index >= 15 is 0 Å². The molecule has 0 bridgehead atoms. The van der Waals surface area contributed by atoms with Crippen LogP contribution in [0.5, 0.6) is 0 Å². The fourth-order valence-corrected chi connectivity index (χ4v) is 9.69. The van der Waals surface area contributed by atoms with Gasteiger partial charge in [-0.15, -0.1) is 0 Å². The van der Waals surface area contributed by atoms with Crippen LogP contribution in [0, 0.1) is 0 Å². The van der Waals surface area contributed by atoms with E-state index in [4.69, 9.17) is 8.85 Å². The van der Waals surface area contributed by atoms with Crippen molar-refractivity contribution in [3.63, 3.8) is 0 Å². The Morgan fingerprint density at radius 2 is 0.968 bits per heavy atom. The maximum Gasteiger partial charge on any atom is 0.373 e. The molecular weight excluding hydrogens is 437 g/mol. The molecule has 6 nitrogen and oxygen atoms in total. The molecule has 9 heteroatoms. The van der Waals surface area contributed by atoms with Crippen molar-refractivity contribution in [3.8, 4) is 0 Å². The Hall–Kier alpha value is 0.411. The largest absolute Gasteiger partial charge is 0.391 e. The summed E-state index contributed by atoms with van der Waals surface area (Å²) in [6.07, 6.45) is 4.26. The lowest BCUT2D eigenvalue weighted by Crippen LogP contribution is -2.72. The van der Waals surface area contributed by atoms with Gasteiger partial charge in [0.05, 0.1) is 27.5 Å². The fourth-order valence-electron chi connectivity index (χ4n) is 3.46. The van der Waals surface area contributed by atoms with Crippen molar-refractivity contribution in [3.05, 3.63) is 0 Å². The molecule has 188 valence electrons. The number of hydrogen-bond donors (Lipinski definition) is 2. The van der Waals surface area contributed by atoms with Gasteiger partial charge in [0.1, 0.15) is 0 Å². The number of hydrogen-bond acceptors (Lipinski definition) is 6. The van der Waals surface area contributed by atoms with Gasteiger partial charge in [-0.1, -0.05) is 53.1 Å². The smallest absolute Gasteiger partial charge is 0.373 e. The molecule has 2 atom stereocenters. The SMILES string of the molecule is CCC(NC[Si](C)(C)C)[Si](OCCN(C)C)(OCCN(C)C)C(CC)NC[Si](C)(C)C. The van der Waals surface area contributed by atoms with Gasteiger partial charge in [-0.25, -0.2) is 0 Å². The van der Waals surface area contributed by atoms with Crippen LogP contribution in [0.1, 0.15) is 26.7 Å². The van der Waals surface area contributed by atoms with Crippen molar-refractivity contribution in [1.29, 1.82) is 0 Å². The van der Waals surface area contributed by atoms with Gasteiger partial charge in [0, 0.05) is 26.3 Å². The molecule has 0 fully saturated rings. The summed E-state index contributed by atoms with van der Waals surface area (Å²) in [6.45, 7) is 22.4. The molecule has 0 radical (unpaired) electrons. The second-order valence-corrected chi connectivity index (χ2v) is 26.2. The Morgan fingerprint density at radius 1 is 0.645 bits per heavy atom. The highest BCUT2D eigenvalue weighted by atomic mass is 28.4.